The first kappa shape index (κ1) is 17.3. The maximum absolute atomic E-state index is 12.1. The molecule has 7 nitrogen and oxygen atoms in total. The van der Waals surface area contributed by atoms with Crippen LogP contribution in [0.2, 0.25) is 0 Å². The molecule has 0 aromatic heterocycles. The monoisotopic (exact) mass is 384 g/mol. The van der Waals surface area contributed by atoms with E-state index in [-0.39, 0.29) is 0 Å². The van der Waals surface area contributed by atoms with Crippen LogP contribution in [0.15, 0.2) is 21.6 Å². The van der Waals surface area contributed by atoms with Crippen molar-refractivity contribution in [3.8, 4) is 11.5 Å². The number of rotatable bonds is 4. The van der Waals surface area contributed by atoms with E-state index in [2.05, 4.69) is 26.2 Å². The lowest BCUT2D eigenvalue weighted by atomic mass is 9.88. The zero-order valence-electron chi connectivity index (χ0n) is 13.2. The summed E-state index contributed by atoms with van der Waals surface area (Å²) in [6.07, 6.45) is 0. The molecule has 2 unspecified atom stereocenters. The van der Waals surface area contributed by atoms with Crippen LogP contribution in [0.1, 0.15) is 18.5 Å². The van der Waals surface area contributed by atoms with E-state index in [4.69, 9.17) is 14.2 Å². The van der Waals surface area contributed by atoms with Crippen LogP contribution in [0.3, 0.4) is 0 Å². The predicted molar refractivity (Wildman–Crippen MR) is 87.1 cm³/mol. The van der Waals surface area contributed by atoms with Gasteiger partial charge in [0, 0.05) is 5.71 Å². The number of carbonyl (C=O) groups excluding carboxylic acids is 2. The minimum Gasteiger partial charge on any atom is -0.493 e. The largest absolute Gasteiger partial charge is 0.493 e. The number of hydrogen-bond acceptors (Lipinski definition) is 5. The molecule has 124 valence electrons. The zero-order valence-corrected chi connectivity index (χ0v) is 14.8. The van der Waals surface area contributed by atoms with E-state index in [1.165, 1.54) is 21.3 Å². The maximum atomic E-state index is 12.1. The van der Waals surface area contributed by atoms with Gasteiger partial charge in [-0.15, -0.1) is 0 Å². The molecule has 0 aliphatic carbocycles. The summed E-state index contributed by atoms with van der Waals surface area (Å²) in [4.78, 5) is 27.7. The number of halogens is 1. The number of methoxy groups -OCH3 is 3. The molecule has 23 heavy (non-hydrogen) atoms. The first-order chi connectivity index (χ1) is 10.9. The highest BCUT2D eigenvalue weighted by atomic mass is 79.9. The van der Waals surface area contributed by atoms with Gasteiger partial charge in [0.05, 0.1) is 31.8 Å². The molecule has 0 radical (unpaired) electrons. The molecule has 0 spiro atoms. The van der Waals surface area contributed by atoms with Gasteiger partial charge in [-0.2, -0.15) is 0 Å². The number of esters is 1. The van der Waals surface area contributed by atoms with Crippen LogP contribution in [-0.4, -0.2) is 39.0 Å². The van der Waals surface area contributed by atoms with Gasteiger partial charge in [0.25, 0.3) is 0 Å². The number of hydrogen-bond donors (Lipinski definition) is 1. The van der Waals surface area contributed by atoms with Crippen LogP contribution in [0, 0.1) is 5.92 Å². The summed E-state index contributed by atoms with van der Waals surface area (Å²) in [5.74, 6) is -0.168. The van der Waals surface area contributed by atoms with E-state index < -0.39 is 24.0 Å². The summed E-state index contributed by atoms with van der Waals surface area (Å²) < 4.78 is 16.1. The Kier molecular flexibility index (Phi) is 5.25. The second kappa shape index (κ2) is 6.99. The van der Waals surface area contributed by atoms with Gasteiger partial charge in [-0.1, -0.05) is 0 Å². The fraction of sp³-hybridized carbons (Fsp3) is 0.400. The third-order valence-electron chi connectivity index (χ3n) is 3.61. The number of ether oxygens (including phenoxy) is 3. The van der Waals surface area contributed by atoms with E-state index in [0.29, 0.717) is 27.2 Å². The molecule has 1 aromatic carbocycles. The number of benzene rings is 1. The van der Waals surface area contributed by atoms with Crippen molar-refractivity contribution in [2.24, 2.45) is 10.9 Å². The van der Waals surface area contributed by atoms with E-state index in [9.17, 15) is 9.59 Å². The quantitative estimate of drug-likeness (QED) is 0.805. The Balaban J connectivity index is 2.54. The van der Waals surface area contributed by atoms with Crippen LogP contribution in [0.25, 0.3) is 0 Å². The molecule has 0 saturated heterocycles. The van der Waals surface area contributed by atoms with Crippen LogP contribution in [0.4, 0.5) is 4.79 Å². The van der Waals surface area contributed by atoms with Crippen LogP contribution >= 0.6 is 15.9 Å². The van der Waals surface area contributed by atoms with Crippen LogP contribution < -0.4 is 14.8 Å². The number of aliphatic imine (C=N–C) groups is 1. The molecule has 0 saturated carbocycles. The van der Waals surface area contributed by atoms with Crippen molar-refractivity contribution >= 4 is 33.6 Å². The number of nitrogens with zero attached hydrogens (tertiary/aromatic N) is 1. The Hall–Kier alpha value is -2.09. The molecule has 2 rings (SSSR count). The molecule has 0 fully saturated rings. The standard InChI is InChI=1S/C15H17BrN2O5/c1-7-11(14(19)23-4)12(18-15(20)17-7)8-5-9(16)13(22-3)10(6-8)21-2/h5-6,11-12H,1-4H3,(H,18,20). The average Bonchev–Trinajstić information content (AvgIpc) is 2.52. The SMILES string of the molecule is COC(=O)C1C(C)=NC(=O)NC1c1cc(Br)c(OC)c(OC)c1. The minimum absolute atomic E-state index is 0.400. The number of nitrogens with one attached hydrogen (secondary N) is 1. The van der Waals surface area contributed by atoms with Crippen molar-refractivity contribution in [2.45, 2.75) is 13.0 Å². The van der Waals surface area contributed by atoms with E-state index >= 15 is 0 Å². The Morgan fingerprint density at radius 3 is 2.52 bits per heavy atom. The first-order valence-electron chi connectivity index (χ1n) is 6.77. The molecule has 0 bridgehead atoms. The lowest BCUT2D eigenvalue weighted by Gasteiger charge is -2.29. The van der Waals surface area contributed by atoms with Gasteiger partial charge in [-0.3, -0.25) is 4.79 Å². The number of carbonyl (C=O) groups is 2. The van der Waals surface area contributed by atoms with Gasteiger partial charge in [-0.05, 0) is 40.5 Å². The molecule has 1 aromatic rings. The van der Waals surface area contributed by atoms with Crippen molar-refractivity contribution in [3.63, 3.8) is 0 Å². The predicted octanol–water partition coefficient (Wildman–Crippen LogP) is 2.48. The summed E-state index contributed by atoms with van der Waals surface area (Å²) in [6, 6.07) is 2.37. The molecule has 2 atom stereocenters. The minimum atomic E-state index is -0.706. The Morgan fingerprint density at radius 2 is 1.96 bits per heavy atom. The highest BCUT2D eigenvalue weighted by molar-refractivity contribution is 9.10. The highest BCUT2D eigenvalue weighted by Gasteiger charge is 2.38. The molecule has 8 heteroatoms. The molecule has 1 N–H and O–H groups in total. The van der Waals surface area contributed by atoms with E-state index in [1.807, 2.05) is 0 Å². The van der Waals surface area contributed by atoms with Crippen molar-refractivity contribution in [2.75, 3.05) is 21.3 Å². The fourth-order valence-corrected chi connectivity index (χ4v) is 3.17. The third-order valence-corrected chi connectivity index (χ3v) is 4.20. The first-order valence-corrected chi connectivity index (χ1v) is 7.57. The number of urea groups is 1. The fourth-order valence-electron chi connectivity index (χ4n) is 2.55. The van der Waals surface area contributed by atoms with Crippen molar-refractivity contribution in [3.05, 3.63) is 22.2 Å². The van der Waals surface area contributed by atoms with Crippen LogP contribution in [-0.2, 0) is 9.53 Å². The van der Waals surface area contributed by atoms with E-state index in [0.717, 1.165) is 0 Å². The third kappa shape index (κ3) is 3.31. The molecule has 1 aliphatic rings. The molecular formula is C15H17BrN2O5. The van der Waals surface area contributed by atoms with Crippen molar-refractivity contribution in [1.29, 1.82) is 0 Å². The summed E-state index contributed by atoms with van der Waals surface area (Å²) in [7, 11) is 4.34. The van der Waals surface area contributed by atoms with Gasteiger partial charge in [0.15, 0.2) is 11.5 Å². The smallest absolute Gasteiger partial charge is 0.341 e. The highest BCUT2D eigenvalue weighted by Crippen LogP contribution is 2.40. The summed E-state index contributed by atoms with van der Waals surface area (Å²) >= 11 is 3.41. The van der Waals surface area contributed by atoms with Crippen molar-refractivity contribution < 1.29 is 23.8 Å². The van der Waals surface area contributed by atoms with E-state index in [1.54, 1.807) is 19.1 Å². The Bertz CT molecular complexity index is 674. The maximum Gasteiger partial charge on any atom is 0.341 e. The summed E-state index contributed by atoms with van der Waals surface area (Å²) in [5, 5.41) is 2.70. The summed E-state index contributed by atoms with van der Waals surface area (Å²) in [5.41, 5.74) is 1.07. The Morgan fingerprint density at radius 1 is 1.26 bits per heavy atom. The molecule has 2 amide bonds. The molecular weight excluding hydrogens is 368 g/mol. The van der Waals surface area contributed by atoms with Gasteiger partial charge in [0.1, 0.15) is 5.92 Å². The normalized spacial score (nSPS) is 20.4. The number of amides is 2. The van der Waals surface area contributed by atoms with Gasteiger partial charge in [0.2, 0.25) is 0 Å². The molecule has 1 heterocycles. The topological polar surface area (TPSA) is 86.2 Å². The van der Waals surface area contributed by atoms with Gasteiger partial charge >= 0.3 is 12.0 Å². The van der Waals surface area contributed by atoms with Crippen molar-refractivity contribution in [1.82, 2.24) is 5.32 Å². The lowest BCUT2D eigenvalue weighted by Crippen LogP contribution is -2.44. The average molecular weight is 385 g/mol. The molecule has 1 aliphatic heterocycles. The van der Waals surface area contributed by atoms with Crippen LogP contribution in [0.5, 0.6) is 11.5 Å². The van der Waals surface area contributed by atoms with Gasteiger partial charge in [-0.25, -0.2) is 9.79 Å². The lowest BCUT2D eigenvalue weighted by molar-refractivity contribution is -0.143. The van der Waals surface area contributed by atoms with Gasteiger partial charge < -0.3 is 19.5 Å². The second-order valence-corrected chi connectivity index (χ2v) is 5.77. The Labute approximate surface area is 142 Å². The second-order valence-electron chi connectivity index (χ2n) is 4.92. The zero-order chi connectivity index (χ0) is 17.1. The summed E-state index contributed by atoms with van der Waals surface area (Å²) in [6.45, 7) is 1.63.